The fourth-order valence-electron chi connectivity index (χ4n) is 3.30. The molecule has 1 aromatic carbocycles. The maximum absolute atomic E-state index is 12.6. The summed E-state index contributed by atoms with van der Waals surface area (Å²) in [7, 11) is 1.86. The van der Waals surface area contributed by atoms with Crippen LogP contribution in [0.1, 0.15) is 45.5 Å². The molecule has 0 N–H and O–H groups in total. The molecule has 0 bridgehead atoms. The molecule has 1 aliphatic heterocycles. The van der Waals surface area contributed by atoms with Crippen LogP contribution in [-0.4, -0.2) is 54.7 Å². The van der Waals surface area contributed by atoms with Crippen molar-refractivity contribution >= 4 is 11.7 Å². The number of benzene rings is 1. The third-order valence-electron chi connectivity index (χ3n) is 4.61. The molecule has 1 amide bonds. The van der Waals surface area contributed by atoms with Gasteiger partial charge in [0.1, 0.15) is 0 Å². The van der Waals surface area contributed by atoms with E-state index >= 15 is 0 Å². The third kappa shape index (κ3) is 2.86. The number of Topliss-reactive ketones (excluding diaryl/α,β-unsaturated/α-hetero) is 1. The summed E-state index contributed by atoms with van der Waals surface area (Å²) in [6.45, 7) is 3.99. The van der Waals surface area contributed by atoms with Gasteiger partial charge in [-0.15, -0.1) is 0 Å². The molecule has 2 aliphatic rings. The second-order valence-corrected chi connectivity index (χ2v) is 6.03. The zero-order valence-electron chi connectivity index (χ0n) is 12.6. The molecule has 0 saturated carbocycles. The molecular formula is C17H22N2O2. The van der Waals surface area contributed by atoms with Crippen molar-refractivity contribution in [2.45, 2.75) is 25.7 Å². The summed E-state index contributed by atoms with van der Waals surface area (Å²) in [6, 6.07) is 5.52. The highest BCUT2D eigenvalue weighted by Gasteiger charge is 2.26. The molecule has 1 heterocycles. The van der Waals surface area contributed by atoms with Gasteiger partial charge in [-0.1, -0.05) is 12.1 Å². The Morgan fingerprint density at radius 2 is 2.00 bits per heavy atom. The second-order valence-electron chi connectivity index (χ2n) is 6.03. The third-order valence-corrected chi connectivity index (χ3v) is 4.61. The summed E-state index contributed by atoms with van der Waals surface area (Å²) in [4.78, 5) is 28.6. The van der Waals surface area contributed by atoms with E-state index in [9.17, 15) is 9.59 Å². The minimum Gasteiger partial charge on any atom is -0.340 e. The van der Waals surface area contributed by atoms with Gasteiger partial charge >= 0.3 is 0 Å². The first-order valence-electron chi connectivity index (χ1n) is 7.80. The van der Waals surface area contributed by atoms with E-state index in [1.54, 1.807) is 4.90 Å². The van der Waals surface area contributed by atoms with Crippen molar-refractivity contribution in [2.75, 3.05) is 33.2 Å². The first-order valence-corrected chi connectivity index (χ1v) is 7.80. The fraction of sp³-hybridized carbons (Fsp3) is 0.529. The average molecular weight is 286 g/mol. The normalized spacial score (nSPS) is 18.0. The van der Waals surface area contributed by atoms with Gasteiger partial charge in [-0.25, -0.2) is 0 Å². The summed E-state index contributed by atoms with van der Waals surface area (Å²) in [5, 5.41) is 0. The molecule has 4 nitrogen and oxygen atoms in total. The van der Waals surface area contributed by atoms with E-state index in [0.29, 0.717) is 18.4 Å². The van der Waals surface area contributed by atoms with Gasteiger partial charge in [0, 0.05) is 37.7 Å². The first kappa shape index (κ1) is 14.3. The van der Waals surface area contributed by atoms with Crippen molar-refractivity contribution in [2.24, 2.45) is 0 Å². The Labute approximate surface area is 125 Å². The molecule has 0 aromatic heterocycles. The van der Waals surface area contributed by atoms with Crippen LogP contribution in [0.25, 0.3) is 0 Å². The van der Waals surface area contributed by atoms with Crippen molar-refractivity contribution in [1.82, 2.24) is 9.80 Å². The number of fused-ring (bicyclic) bond motifs is 1. The number of hydrogen-bond donors (Lipinski definition) is 0. The molecule has 3 rings (SSSR count). The highest BCUT2D eigenvalue weighted by atomic mass is 16.2. The van der Waals surface area contributed by atoms with E-state index in [1.165, 1.54) is 12.8 Å². The summed E-state index contributed by atoms with van der Waals surface area (Å²) >= 11 is 0. The molecule has 4 heteroatoms. The lowest BCUT2D eigenvalue weighted by Gasteiger charge is -2.22. The highest BCUT2D eigenvalue weighted by molar-refractivity contribution is 6.05. The quantitative estimate of drug-likeness (QED) is 0.850. The minimum absolute atomic E-state index is 0.0424. The molecular weight excluding hydrogens is 264 g/mol. The van der Waals surface area contributed by atoms with E-state index in [2.05, 4.69) is 4.90 Å². The van der Waals surface area contributed by atoms with Gasteiger partial charge in [0.15, 0.2) is 5.78 Å². The maximum atomic E-state index is 12.6. The van der Waals surface area contributed by atoms with Gasteiger partial charge in [0.05, 0.1) is 0 Å². The van der Waals surface area contributed by atoms with Crippen LogP contribution in [0.15, 0.2) is 18.2 Å². The van der Waals surface area contributed by atoms with Crippen LogP contribution >= 0.6 is 0 Å². The monoisotopic (exact) mass is 286 g/mol. The predicted octanol–water partition coefficient (Wildman–Crippen LogP) is 1.98. The van der Waals surface area contributed by atoms with E-state index in [1.807, 2.05) is 25.2 Å². The number of likely N-dealkylation sites (N-methyl/N-ethyl adjacent to an activating group) is 1. The van der Waals surface area contributed by atoms with E-state index in [0.717, 1.165) is 37.3 Å². The van der Waals surface area contributed by atoms with Crippen molar-refractivity contribution in [3.05, 3.63) is 34.9 Å². The second kappa shape index (κ2) is 5.98. The molecule has 21 heavy (non-hydrogen) atoms. The van der Waals surface area contributed by atoms with E-state index in [4.69, 9.17) is 0 Å². The van der Waals surface area contributed by atoms with Gasteiger partial charge in [0.25, 0.3) is 5.91 Å². The van der Waals surface area contributed by atoms with Gasteiger partial charge < -0.3 is 9.80 Å². The topological polar surface area (TPSA) is 40.6 Å². The summed E-state index contributed by atoms with van der Waals surface area (Å²) in [5.74, 6) is 0.208. The Morgan fingerprint density at radius 1 is 1.24 bits per heavy atom. The van der Waals surface area contributed by atoms with Crippen LogP contribution in [0.5, 0.6) is 0 Å². The zero-order valence-corrected chi connectivity index (χ0v) is 12.6. The number of amides is 1. The van der Waals surface area contributed by atoms with Crippen molar-refractivity contribution in [3.8, 4) is 0 Å². The number of ketones is 1. The minimum atomic E-state index is 0.0424. The lowest BCUT2D eigenvalue weighted by molar-refractivity contribution is 0.0781. The number of carbonyl (C=O) groups excluding carboxylic acids is 2. The number of rotatable bonds is 4. The first-order chi connectivity index (χ1) is 10.2. The predicted molar refractivity (Wildman–Crippen MR) is 81.7 cm³/mol. The Balaban J connectivity index is 1.68. The summed E-state index contributed by atoms with van der Waals surface area (Å²) in [6.07, 6.45) is 3.78. The van der Waals surface area contributed by atoms with Gasteiger partial charge in [-0.3, -0.25) is 9.59 Å². The van der Waals surface area contributed by atoms with Crippen LogP contribution < -0.4 is 0 Å². The Kier molecular flexibility index (Phi) is 4.06. The molecule has 0 spiro atoms. The number of likely N-dealkylation sites (tertiary alicyclic amines) is 1. The SMILES string of the molecule is CN(CCN1CCCC1)C(=O)c1cccc2c1CCC2=O. The molecule has 0 atom stereocenters. The van der Waals surface area contributed by atoms with Crippen LogP contribution in [-0.2, 0) is 6.42 Å². The maximum Gasteiger partial charge on any atom is 0.253 e. The molecule has 1 aliphatic carbocycles. The Hall–Kier alpha value is -1.68. The van der Waals surface area contributed by atoms with Crippen LogP contribution in [0.4, 0.5) is 0 Å². The molecule has 1 aromatic rings. The molecule has 112 valence electrons. The Morgan fingerprint density at radius 3 is 2.76 bits per heavy atom. The lowest BCUT2D eigenvalue weighted by Crippen LogP contribution is -2.35. The standard InChI is InChI=1S/C17H22N2O2/c1-18(11-12-19-9-2-3-10-19)17(21)15-6-4-5-14-13(15)7-8-16(14)20/h4-6H,2-3,7-12H2,1H3. The van der Waals surface area contributed by atoms with E-state index in [-0.39, 0.29) is 11.7 Å². The fourth-order valence-corrected chi connectivity index (χ4v) is 3.30. The smallest absolute Gasteiger partial charge is 0.253 e. The van der Waals surface area contributed by atoms with Crippen LogP contribution in [0.2, 0.25) is 0 Å². The molecule has 0 radical (unpaired) electrons. The van der Waals surface area contributed by atoms with Crippen molar-refractivity contribution in [3.63, 3.8) is 0 Å². The van der Waals surface area contributed by atoms with Gasteiger partial charge in [0.2, 0.25) is 0 Å². The van der Waals surface area contributed by atoms with Gasteiger partial charge in [-0.05, 0) is 44.0 Å². The molecule has 0 unspecified atom stereocenters. The van der Waals surface area contributed by atoms with E-state index < -0.39 is 0 Å². The van der Waals surface area contributed by atoms with Crippen LogP contribution in [0.3, 0.4) is 0 Å². The molecule has 1 saturated heterocycles. The Bertz CT molecular complexity index is 562. The molecule has 1 fully saturated rings. The van der Waals surface area contributed by atoms with Crippen LogP contribution in [0, 0.1) is 0 Å². The summed E-state index contributed by atoms with van der Waals surface area (Å²) < 4.78 is 0. The summed E-state index contributed by atoms with van der Waals surface area (Å²) in [5.41, 5.74) is 2.40. The number of hydrogen-bond acceptors (Lipinski definition) is 3. The number of nitrogens with zero attached hydrogens (tertiary/aromatic N) is 2. The largest absolute Gasteiger partial charge is 0.340 e. The van der Waals surface area contributed by atoms with Crippen molar-refractivity contribution < 1.29 is 9.59 Å². The lowest BCUT2D eigenvalue weighted by atomic mass is 10.0. The average Bonchev–Trinajstić information content (AvgIpc) is 3.14. The van der Waals surface area contributed by atoms with Crippen molar-refractivity contribution in [1.29, 1.82) is 0 Å². The number of carbonyl (C=O) groups is 2. The zero-order chi connectivity index (χ0) is 14.8. The highest BCUT2D eigenvalue weighted by Crippen LogP contribution is 2.26. The van der Waals surface area contributed by atoms with Gasteiger partial charge in [-0.2, -0.15) is 0 Å².